The quantitative estimate of drug-likeness (QED) is 0.126. The molecule has 2 aromatic carbocycles. The van der Waals surface area contributed by atoms with Gasteiger partial charge in [-0.05, 0) is 81.3 Å². The Morgan fingerprint density at radius 2 is 1.87 bits per heavy atom. The van der Waals surface area contributed by atoms with Crippen molar-refractivity contribution in [1.29, 1.82) is 0 Å². The third-order valence-corrected chi connectivity index (χ3v) is 11.3. The van der Waals surface area contributed by atoms with Crippen LogP contribution >= 0.6 is 22.9 Å². The van der Waals surface area contributed by atoms with Crippen molar-refractivity contribution in [3.8, 4) is 16.8 Å². The van der Waals surface area contributed by atoms with Crippen LogP contribution in [0.15, 0.2) is 59.9 Å². The summed E-state index contributed by atoms with van der Waals surface area (Å²) in [6.45, 7) is 7.24. The average Bonchev–Trinajstić information content (AvgIpc) is 3.88. The lowest BCUT2D eigenvalue weighted by molar-refractivity contribution is -0.136. The van der Waals surface area contributed by atoms with Gasteiger partial charge < -0.3 is 4.90 Å². The number of nitrogens with one attached hydrogen (secondary N) is 1. The number of thiophene rings is 1. The van der Waals surface area contributed by atoms with Gasteiger partial charge in [0.15, 0.2) is 5.82 Å². The van der Waals surface area contributed by atoms with Crippen LogP contribution in [0.1, 0.15) is 98.9 Å². The summed E-state index contributed by atoms with van der Waals surface area (Å²) in [4.78, 5) is 44.6. The molecule has 6 heterocycles. The number of halogens is 1. The van der Waals surface area contributed by atoms with Crippen molar-refractivity contribution in [3.63, 3.8) is 0 Å². The highest BCUT2D eigenvalue weighted by Gasteiger charge is 2.39. The minimum atomic E-state index is -0.604. The zero-order valence-corrected chi connectivity index (χ0v) is 30.5. The summed E-state index contributed by atoms with van der Waals surface area (Å²) >= 11 is 7.85. The van der Waals surface area contributed by atoms with Gasteiger partial charge in [0, 0.05) is 47.4 Å². The van der Waals surface area contributed by atoms with Gasteiger partial charge in [-0.1, -0.05) is 47.7 Å². The molecule has 3 aromatic heterocycles. The Kier molecular flexibility index (Phi) is 8.85. The van der Waals surface area contributed by atoms with E-state index in [-0.39, 0.29) is 24.3 Å². The second kappa shape index (κ2) is 13.6. The van der Waals surface area contributed by atoms with Crippen molar-refractivity contribution in [1.82, 2.24) is 34.8 Å². The SMILES string of the molecule is Cc1c(C#Cc2cnn(CCCCc3ccc4c(c3)CN(C3CCC(=O)NC3=O)C4=O)c2)sc2c1C(c1ccc(Cl)cc1)=N[C@@H](C)c1nnc(C)n1-2. The number of nitrogens with zero attached hydrogens (tertiary/aromatic N) is 7. The lowest BCUT2D eigenvalue weighted by atomic mass is 9.99. The fourth-order valence-corrected chi connectivity index (χ4v) is 8.51. The number of imide groups is 1. The van der Waals surface area contributed by atoms with E-state index >= 15 is 0 Å². The molecule has 0 spiro atoms. The van der Waals surface area contributed by atoms with Crippen LogP contribution in [0.25, 0.3) is 5.00 Å². The highest BCUT2D eigenvalue weighted by Crippen LogP contribution is 2.39. The van der Waals surface area contributed by atoms with Gasteiger partial charge in [-0.2, -0.15) is 5.10 Å². The molecule has 1 unspecified atom stereocenters. The fraction of sp³-hybridized carbons (Fsp3) is 0.308. The van der Waals surface area contributed by atoms with Crippen LogP contribution in [0.2, 0.25) is 5.02 Å². The zero-order chi connectivity index (χ0) is 36.1. The summed E-state index contributed by atoms with van der Waals surface area (Å²) in [5.74, 6) is 7.53. The Hall–Kier alpha value is -5.38. The number of rotatable bonds is 7. The molecule has 1 fully saturated rings. The molecule has 0 radical (unpaired) electrons. The van der Waals surface area contributed by atoms with E-state index in [4.69, 9.17) is 16.6 Å². The van der Waals surface area contributed by atoms with Crippen LogP contribution in [0.4, 0.5) is 0 Å². The molecule has 13 heteroatoms. The first-order chi connectivity index (χ1) is 25.1. The van der Waals surface area contributed by atoms with Gasteiger partial charge in [-0.25, -0.2) is 0 Å². The molecule has 3 aliphatic heterocycles. The Bertz CT molecular complexity index is 2360. The minimum absolute atomic E-state index is 0.149. The van der Waals surface area contributed by atoms with Gasteiger partial charge in [-0.3, -0.25) is 33.9 Å². The predicted molar refractivity (Wildman–Crippen MR) is 198 cm³/mol. The van der Waals surface area contributed by atoms with Crippen molar-refractivity contribution in [2.45, 2.75) is 78.0 Å². The molecule has 262 valence electrons. The Balaban J connectivity index is 0.929. The van der Waals surface area contributed by atoms with E-state index in [2.05, 4.69) is 50.0 Å². The number of piperidine rings is 1. The molecular formula is C39H35ClN8O3S. The first-order valence-electron chi connectivity index (χ1n) is 17.4. The van der Waals surface area contributed by atoms with Crippen LogP contribution in [0.3, 0.4) is 0 Å². The van der Waals surface area contributed by atoms with Gasteiger partial charge in [0.05, 0.1) is 22.3 Å². The van der Waals surface area contributed by atoms with E-state index < -0.39 is 11.9 Å². The number of aliphatic imine (C=N–C) groups is 1. The van der Waals surface area contributed by atoms with Crippen LogP contribution in [-0.4, -0.2) is 58.9 Å². The average molecular weight is 731 g/mol. The number of carbonyl (C=O) groups excluding carboxylic acids is 3. The Labute approximate surface area is 309 Å². The zero-order valence-electron chi connectivity index (χ0n) is 28.9. The van der Waals surface area contributed by atoms with Gasteiger partial charge in [0.2, 0.25) is 11.8 Å². The number of aryl methyl sites for hydroxylation is 3. The minimum Gasteiger partial charge on any atom is -0.322 e. The van der Waals surface area contributed by atoms with E-state index in [1.165, 1.54) is 0 Å². The largest absolute Gasteiger partial charge is 0.322 e. The molecule has 0 saturated carbocycles. The number of unbranched alkanes of at least 4 members (excludes halogenated alkanes) is 1. The molecule has 3 aliphatic rings. The van der Waals surface area contributed by atoms with Crippen molar-refractivity contribution in [2.75, 3.05) is 0 Å². The van der Waals surface area contributed by atoms with Crippen LogP contribution < -0.4 is 5.32 Å². The normalized spacial score (nSPS) is 17.9. The summed E-state index contributed by atoms with van der Waals surface area (Å²) < 4.78 is 4.03. The topological polar surface area (TPSA) is 127 Å². The third-order valence-electron chi connectivity index (χ3n) is 9.88. The van der Waals surface area contributed by atoms with E-state index in [9.17, 15) is 14.4 Å². The molecule has 2 atom stereocenters. The molecular weight excluding hydrogens is 696 g/mol. The number of carbonyl (C=O) groups is 3. The van der Waals surface area contributed by atoms with E-state index in [1.54, 1.807) is 22.4 Å². The lowest BCUT2D eigenvalue weighted by Crippen LogP contribution is -2.52. The maximum Gasteiger partial charge on any atom is 0.255 e. The molecule has 0 bridgehead atoms. The second-order valence-electron chi connectivity index (χ2n) is 13.4. The van der Waals surface area contributed by atoms with Crippen LogP contribution in [0, 0.1) is 25.7 Å². The summed E-state index contributed by atoms with van der Waals surface area (Å²) in [5, 5.41) is 17.4. The standard InChI is InChI=1S/C39H35ClN8O3S/c1-22-32(52-39-34(22)35(27-9-11-29(40)12-10-27)42-23(2)36-45-44-24(3)48(36)39)15-8-26-19-41-46(20-26)17-5-4-6-25-7-13-30-28(18-25)21-47(38(30)51)31-14-16-33(49)43-37(31)50/h7,9-13,18-20,23,31H,4-6,14,16-17,21H2,1-3H3,(H,43,49,50)/t23-,31?/m0/s1. The summed E-state index contributed by atoms with van der Waals surface area (Å²) in [6.07, 6.45) is 7.13. The highest BCUT2D eigenvalue weighted by atomic mass is 35.5. The molecule has 11 nitrogen and oxygen atoms in total. The third kappa shape index (κ3) is 6.24. The Morgan fingerprint density at radius 1 is 1.04 bits per heavy atom. The van der Waals surface area contributed by atoms with Crippen LogP contribution in [-0.2, 0) is 29.1 Å². The van der Waals surface area contributed by atoms with Crippen molar-refractivity contribution in [2.24, 2.45) is 4.99 Å². The summed E-state index contributed by atoms with van der Waals surface area (Å²) in [6, 6.07) is 12.9. The molecule has 8 rings (SSSR count). The summed E-state index contributed by atoms with van der Waals surface area (Å²) in [5.41, 5.74) is 7.52. The van der Waals surface area contributed by atoms with Gasteiger partial charge >= 0.3 is 0 Å². The molecule has 52 heavy (non-hydrogen) atoms. The number of fused-ring (bicyclic) bond motifs is 4. The maximum absolute atomic E-state index is 13.0. The van der Waals surface area contributed by atoms with E-state index in [0.717, 1.165) is 86.4 Å². The first-order valence-corrected chi connectivity index (χ1v) is 18.5. The van der Waals surface area contributed by atoms with Crippen molar-refractivity contribution in [3.05, 3.63) is 115 Å². The number of hydrogen-bond acceptors (Lipinski definition) is 8. The predicted octanol–water partition coefficient (Wildman–Crippen LogP) is 5.89. The van der Waals surface area contributed by atoms with Gasteiger partial charge in [0.25, 0.3) is 5.91 Å². The van der Waals surface area contributed by atoms with Crippen molar-refractivity contribution >= 4 is 46.4 Å². The molecule has 3 amide bonds. The van der Waals surface area contributed by atoms with E-state index in [1.807, 2.05) is 61.1 Å². The Morgan fingerprint density at radius 3 is 2.67 bits per heavy atom. The first kappa shape index (κ1) is 33.7. The highest BCUT2D eigenvalue weighted by molar-refractivity contribution is 7.15. The fourth-order valence-electron chi connectivity index (χ4n) is 7.16. The van der Waals surface area contributed by atoms with Crippen LogP contribution in [0.5, 0.6) is 0 Å². The smallest absolute Gasteiger partial charge is 0.255 e. The summed E-state index contributed by atoms with van der Waals surface area (Å²) in [7, 11) is 0. The molecule has 1 saturated heterocycles. The van der Waals surface area contributed by atoms with Crippen molar-refractivity contribution < 1.29 is 14.4 Å². The monoisotopic (exact) mass is 730 g/mol. The number of amides is 3. The van der Waals surface area contributed by atoms with Gasteiger partial charge in [-0.15, -0.1) is 21.5 Å². The number of aromatic nitrogens is 5. The molecule has 0 aliphatic carbocycles. The van der Waals surface area contributed by atoms with Gasteiger partial charge in [0.1, 0.15) is 22.9 Å². The molecule has 1 N–H and O–H groups in total. The number of hydrogen-bond donors (Lipinski definition) is 1. The number of benzene rings is 2. The maximum atomic E-state index is 13.0. The second-order valence-corrected chi connectivity index (χ2v) is 14.9. The lowest BCUT2D eigenvalue weighted by Gasteiger charge is -2.29. The molecule has 5 aromatic rings. The van der Waals surface area contributed by atoms with E-state index in [0.29, 0.717) is 23.6 Å².